The van der Waals surface area contributed by atoms with Crippen LogP contribution in [0.2, 0.25) is 0 Å². The Morgan fingerprint density at radius 3 is 0.975 bits per heavy atom. The molecule has 0 aromatic rings. The molecule has 20 heteroatoms. The first kappa shape index (κ1) is 51.6. The maximum Gasteiger partial charge on any atom is 2.00 e. The van der Waals surface area contributed by atoms with Gasteiger partial charge in [-0.05, 0) is 13.1 Å². The number of carboxylic acids is 4. The van der Waals surface area contributed by atoms with E-state index in [0.29, 0.717) is 0 Å². The fourth-order valence-corrected chi connectivity index (χ4v) is 2.27. The third-order valence-electron chi connectivity index (χ3n) is 3.60. The van der Waals surface area contributed by atoms with Crippen LogP contribution < -0.4 is 21.7 Å². The van der Waals surface area contributed by atoms with Crippen LogP contribution in [0.3, 0.4) is 0 Å². The van der Waals surface area contributed by atoms with E-state index in [-0.39, 0.29) is 107 Å². The van der Waals surface area contributed by atoms with Gasteiger partial charge in [0.25, 0.3) is 0 Å². The van der Waals surface area contributed by atoms with Crippen molar-refractivity contribution in [3.63, 3.8) is 0 Å². The first-order chi connectivity index (χ1) is 17.1. The predicted molar refractivity (Wildman–Crippen MR) is 126 cm³/mol. The molecule has 40 heavy (non-hydrogen) atoms. The van der Waals surface area contributed by atoms with Crippen LogP contribution >= 0.6 is 0 Å². The fourth-order valence-electron chi connectivity index (χ4n) is 2.27. The van der Waals surface area contributed by atoms with E-state index in [1.807, 2.05) is 13.8 Å². The topological polar surface area (TPSA) is 329 Å². The van der Waals surface area contributed by atoms with Crippen molar-refractivity contribution in [2.45, 2.75) is 38.3 Å². The second kappa shape index (κ2) is 34.1. The fraction of sp³-hybridized carbons (Fsp3) is 0.800. The second-order valence-electron chi connectivity index (χ2n) is 6.52. The zero-order valence-electron chi connectivity index (χ0n) is 22.1. The molecule has 0 aliphatic carbocycles. The summed E-state index contributed by atoms with van der Waals surface area (Å²) < 4.78 is 30.0. The number of rotatable bonds is 4. The quantitative estimate of drug-likeness (QED) is 0.213. The summed E-state index contributed by atoms with van der Waals surface area (Å²) in [6.07, 6.45) is -7.55. The number of hydrogen-bond donors (Lipinski definition) is 4. The summed E-state index contributed by atoms with van der Waals surface area (Å²) >= 11 is 0. The Hall–Kier alpha value is -1.14. The number of carbonyl (C=O) groups excluding carboxylic acids is 2. The molecule has 244 valence electrons. The molecule has 0 spiro atoms. The molecule has 18 nitrogen and oxygen atoms in total. The summed E-state index contributed by atoms with van der Waals surface area (Å²) in [6, 6.07) is 0. The van der Waals surface area contributed by atoms with Gasteiger partial charge >= 0.3 is 54.1 Å². The van der Waals surface area contributed by atoms with E-state index in [9.17, 15) is 39.6 Å². The van der Waals surface area contributed by atoms with Gasteiger partial charge in [-0.25, -0.2) is 9.59 Å². The van der Waals surface area contributed by atoms with Gasteiger partial charge in [-0.1, -0.05) is 13.8 Å². The van der Waals surface area contributed by atoms with Crippen molar-refractivity contribution >= 4 is 23.9 Å². The minimum absolute atomic E-state index is 0. The normalized spacial score (nSPS) is 22.3. The van der Waals surface area contributed by atoms with Gasteiger partial charge < -0.3 is 82.2 Å². The van der Waals surface area contributed by atoms with E-state index in [1.165, 1.54) is 0 Å². The van der Waals surface area contributed by atoms with Crippen molar-refractivity contribution in [3.8, 4) is 0 Å². The summed E-state index contributed by atoms with van der Waals surface area (Å²) in [7, 11) is 0. The van der Waals surface area contributed by atoms with Crippen molar-refractivity contribution in [2.24, 2.45) is 11.5 Å². The number of aliphatic carboxylic acids is 4. The number of nitrogens with two attached hydrogens (primary N) is 4. The van der Waals surface area contributed by atoms with Crippen LogP contribution in [0.1, 0.15) is 13.8 Å². The minimum atomic E-state index is -1.97. The largest absolute Gasteiger partial charge is 2.00 e. The Morgan fingerprint density at radius 1 is 0.600 bits per heavy atom. The van der Waals surface area contributed by atoms with Gasteiger partial charge in [-0.3, -0.25) is 0 Å². The van der Waals surface area contributed by atoms with E-state index >= 15 is 0 Å². The smallest absolute Gasteiger partial charge is 0.693 e. The summed E-state index contributed by atoms with van der Waals surface area (Å²) in [5.41, 5.74) is 9.69. The molecule has 1 fully saturated rings. The number of carbonyl (C=O) groups is 4. The summed E-state index contributed by atoms with van der Waals surface area (Å²) in [5.74, 6) is -6.78. The van der Waals surface area contributed by atoms with Gasteiger partial charge in [-0.15, -0.1) is 0 Å². The third kappa shape index (κ3) is 25.8. The Balaban J connectivity index is -0.000000264. The molecule has 10 N–H and O–H groups in total. The molecule has 1 heterocycles. The van der Waals surface area contributed by atoms with Crippen LogP contribution in [0.5, 0.6) is 0 Å². The number of hydrogen-bond acceptors (Lipinski definition) is 14. The maximum atomic E-state index is 11.3. The van der Waals surface area contributed by atoms with Crippen molar-refractivity contribution in [1.82, 2.24) is 0 Å². The molecule has 1 aliphatic heterocycles. The average Bonchev–Trinajstić information content (AvgIpc) is 2.78. The van der Waals surface area contributed by atoms with Crippen LogP contribution in [-0.4, -0.2) is 124 Å². The van der Waals surface area contributed by atoms with E-state index in [0.717, 1.165) is 13.1 Å². The van der Waals surface area contributed by atoms with Crippen molar-refractivity contribution < 1.29 is 110 Å². The Bertz CT molecular complexity index is 540. The molecule has 0 saturated carbocycles. The molecular weight excluding hydrogens is 910 g/mol. The molecule has 0 unspecified atom stereocenters. The van der Waals surface area contributed by atoms with Gasteiger partial charge in [0, 0.05) is 0 Å². The van der Waals surface area contributed by atoms with E-state index < -0.39 is 48.3 Å². The molecule has 0 amide bonds. The van der Waals surface area contributed by atoms with Gasteiger partial charge in [0.05, 0.1) is 64.8 Å². The van der Waals surface area contributed by atoms with Crippen LogP contribution in [0.25, 0.3) is 12.3 Å². The Labute approximate surface area is 261 Å². The molecule has 0 radical (unpaired) electrons. The summed E-state index contributed by atoms with van der Waals surface area (Å²) in [6.45, 7) is 3.10. The monoisotopic (exact) mass is 950 g/mol. The van der Waals surface area contributed by atoms with Gasteiger partial charge in [0.2, 0.25) is 0 Å². The van der Waals surface area contributed by atoms with Crippen molar-refractivity contribution in [1.29, 1.82) is 0 Å². The number of carboxylic acid groups (broad SMARTS) is 4. The molecule has 1 saturated heterocycles. The molecule has 0 aromatic carbocycles. The van der Waals surface area contributed by atoms with Crippen LogP contribution in [0, 0.1) is 0 Å². The minimum Gasteiger partial charge on any atom is -0.693 e. The molecule has 0 bridgehead atoms. The maximum absolute atomic E-state index is 11.3. The van der Waals surface area contributed by atoms with E-state index in [2.05, 4.69) is 0 Å². The molecule has 4 atom stereocenters. The second-order valence-corrected chi connectivity index (χ2v) is 6.52. The van der Waals surface area contributed by atoms with Crippen LogP contribution in [-0.2, 0) is 89.7 Å². The first-order valence-corrected chi connectivity index (χ1v) is 11.0. The summed E-state index contributed by atoms with van der Waals surface area (Å²) in [4.78, 5) is 44.9. The van der Waals surface area contributed by atoms with E-state index in [1.54, 1.807) is 0 Å². The SMILES string of the molecule is CCN.CCN.O=C([O-])[C@@H]1OCCOCCO[C@@H](C(=O)O)[C@H](C(=O)O)OCCOCCO[C@H]1C(=O)[O-].[NH2-].[NH2-].[Pt+2].[Pt+2]. The van der Waals surface area contributed by atoms with E-state index in [4.69, 9.17) is 39.9 Å². The predicted octanol–water partition coefficient (Wildman–Crippen LogP) is -3.40. The molecule has 0 aromatic heterocycles. The van der Waals surface area contributed by atoms with Gasteiger partial charge in [0.15, 0.2) is 12.2 Å². The average molecular weight is 951 g/mol. The Morgan fingerprint density at radius 2 is 0.800 bits per heavy atom. The Kier molecular flexibility index (Phi) is 43.9. The van der Waals surface area contributed by atoms with Crippen LogP contribution in [0.15, 0.2) is 0 Å². The molecule has 1 aliphatic rings. The molecule has 1 rings (SSSR count). The van der Waals surface area contributed by atoms with Crippen LogP contribution in [0.4, 0.5) is 0 Å². The standard InChI is InChI=1S/C16H24O14.2C2H7N.2H2N.2Pt/c17-13(18)9-10(14(19)20)29-7-3-26-4-8-30-12(16(23)24)11(15(21)22)28-6-2-25-1-5-27-9;2*1-2-3;;;;/h9-12H,1-8H2,(H,17,18)(H,19,20)(H,21,22)(H,23,24);2*2-3H2,1H3;2*1H2;;/q;;;2*-1;2*+2/p-2/t9-,10-,11-,12-;;;;;;/m1....../s1. The number of ether oxygens (including phenoxy) is 6. The summed E-state index contributed by atoms with van der Waals surface area (Å²) in [5, 5.41) is 40.7. The van der Waals surface area contributed by atoms with Crippen molar-refractivity contribution in [2.75, 3.05) is 65.9 Å². The van der Waals surface area contributed by atoms with Crippen molar-refractivity contribution in [3.05, 3.63) is 12.3 Å². The zero-order chi connectivity index (χ0) is 27.9. The third-order valence-corrected chi connectivity index (χ3v) is 3.60. The zero-order valence-corrected chi connectivity index (χ0v) is 26.7. The van der Waals surface area contributed by atoms with Gasteiger partial charge in [0.1, 0.15) is 12.2 Å². The van der Waals surface area contributed by atoms with Gasteiger partial charge in [-0.2, -0.15) is 0 Å². The molecular formula is C20H40N4O14Pt2. The first-order valence-electron chi connectivity index (χ1n) is 11.0.